The predicted molar refractivity (Wildman–Crippen MR) is 88.3 cm³/mol. The Kier molecular flexibility index (Phi) is 4.85. The van der Waals surface area contributed by atoms with Gasteiger partial charge in [0.15, 0.2) is 0 Å². The number of hydrogen-bond donors (Lipinski definition) is 2. The summed E-state index contributed by atoms with van der Waals surface area (Å²) in [5.41, 5.74) is 1.65. The van der Waals surface area contributed by atoms with Gasteiger partial charge in [-0.15, -0.1) is 0 Å². The molecule has 1 fully saturated rings. The molecule has 0 atom stereocenters. The minimum Gasteiger partial charge on any atom is -0.350 e. The van der Waals surface area contributed by atoms with Crippen molar-refractivity contribution in [3.63, 3.8) is 0 Å². The molecule has 3 rings (SSSR count). The van der Waals surface area contributed by atoms with Gasteiger partial charge in [-0.1, -0.05) is 29.8 Å². The highest BCUT2D eigenvalue weighted by Crippen LogP contribution is 2.35. The zero-order valence-electron chi connectivity index (χ0n) is 13.0. The van der Waals surface area contributed by atoms with Crippen molar-refractivity contribution in [3.05, 3.63) is 41.0 Å². The summed E-state index contributed by atoms with van der Waals surface area (Å²) < 4.78 is 26.3. The van der Waals surface area contributed by atoms with E-state index in [0.29, 0.717) is 35.8 Å². The van der Waals surface area contributed by atoms with Gasteiger partial charge in [-0.3, -0.25) is 9.89 Å². The van der Waals surface area contributed by atoms with Crippen LogP contribution in [0.1, 0.15) is 36.2 Å². The maximum absolute atomic E-state index is 13.1. The van der Waals surface area contributed by atoms with Crippen LogP contribution < -0.4 is 5.32 Å². The third kappa shape index (κ3) is 3.93. The molecule has 1 saturated carbocycles. The number of aromatic nitrogens is 2. The van der Waals surface area contributed by atoms with Crippen LogP contribution in [0.3, 0.4) is 0 Å². The Morgan fingerprint density at radius 2 is 2.04 bits per heavy atom. The first-order valence-electron chi connectivity index (χ1n) is 7.91. The van der Waals surface area contributed by atoms with Crippen LogP contribution in [0.15, 0.2) is 30.3 Å². The fraction of sp³-hybridized carbons (Fsp3) is 0.412. The van der Waals surface area contributed by atoms with Crippen LogP contribution in [-0.4, -0.2) is 28.6 Å². The van der Waals surface area contributed by atoms with Crippen molar-refractivity contribution in [2.24, 2.45) is 5.92 Å². The number of H-pyrrole nitrogens is 1. The average Bonchev–Trinajstić information content (AvgIpc) is 3.04. The van der Waals surface area contributed by atoms with E-state index in [1.807, 2.05) is 18.2 Å². The van der Waals surface area contributed by atoms with Crippen molar-refractivity contribution in [1.82, 2.24) is 15.5 Å². The molecule has 2 aromatic rings. The summed E-state index contributed by atoms with van der Waals surface area (Å²) in [5.74, 6) is -2.74. The van der Waals surface area contributed by atoms with Gasteiger partial charge in [0.1, 0.15) is 5.69 Å². The lowest BCUT2D eigenvalue weighted by Gasteiger charge is -2.28. The SMILES string of the molecule is O=C(NCC1CCC(F)(F)CC1)c1cc(-c2ccccc2Cl)n[nH]1. The number of nitrogens with one attached hydrogen (secondary N) is 2. The molecule has 1 aliphatic rings. The number of carbonyl (C=O) groups is 1. The van der Waals surface area contributed by atoms with Gasteiger partial charge in [-0.2, -0.15) is 5.10 Å². The molecule has 0 spiro atoms. The van der Waals surface area contributed by atoms with Crippen molar-refractivity contribution in [1.29, 1.82) is 0 Å². The van der Waals surface area contributed by atoms with E-state index in [2.05, 4.69) is 15.5 Å². The van der Waals surface area contributed by atoms with Gasteiger partial charge < -0.3 is 5.32 Å². The van der Waals surface area contributed by atoms with Gasteiger partial charge in [0.25, 0.3) is 5.91 Å². The normalized spacial score (nSPS) is 17.6. The van der Waals surface area contributed by atoms with Crippen LogP contribution in [0.2, 0.25) is 5.02 Å². The number of aromatic amines is 1. The quantitative estimate of drug-likeness (QED) is 0.861. The van der Waals surface area contributed by atoms with E-state index >= 15 is 0 Å². The van der Waals surface area contributed by atoms with Gasteiger partial charge in [0.2, 0.25) is 5.92 Å². The summed E-state index contributed by atoms with van der Waals surface area (Å²) in [7, 11) is 0. The largest absolute Gasteiger partial charge is 0.350 e. The molecule has 4 nitrogen and oxygen atoms in total. The molecular formula is C17H18ClF2N3O. The summed E-state index contributed by atoms with van der Waals surface area (Å²) in [4.78, 5) is 12.2. The van der Waals surface area contributed by atoms with Crippen LogP contribution in [0.5, 0.6) is 0 Å². The van der Waals surface area contributed by atoms with Crippen LogP contribution in [0, 0.1) is 5.92 Å². The van der Waals surface area contributed by atoms with Crippen LogP contribution in [0.25, 0.3) is 11.3 Å². The van der Waals surface area contributed by atoms with E-state index in [4.69, 9.17) is 11.6 Å². The van der Waals surface area contributed by atoms with Crippen molar-refractivity contribution in [2.45, 2.75) is 31.6 Å². The Labute approximate surface area is 143 Å². The Balaban J connectivity index is 1.58. The maximum Gasteiger partial charge on any atom is 0.269 e. The first-order chi connectivity index (χ1) is 11.4. The Morgan fingerprint density at radius 3 is 2.75 bits per heavy atom. The van der Waals surface area contributed by atoms with Gasteiger partial charge in [0, 0.05) is 24.9 Å². The molecule has 0 aliphatic heterocycles. The predicted octanol–water partition coefficient (Wildman–Crippen LogP) is 4.29. The number of halogens is 3. The molecule has 0 bridgehead atoms. The van der Waals surface area contributed by atoms with Crippen molar-refractivity contribution < 1.29 is 13.6 Å². The Morgan fingerprint density at radius 1 is 1.33 bits per heavy atom. The van der Waals surface area contributed by atoms with Crippen LogP contribution >= 0.6 is 11.6 Å². The second-order valence-corrected chi connectivity index (χ2v) is 6.56. The third-order valence-corrected chi connectivity index (χ3v) is 4.69. The van der Waals surface area contributed by atoms with E-state index in [-0.39, 0.29) is 24.7 Å². The molecule has 0 radical (unpaired) electrons. The monoisotopic (exact) mass is 353 g/mol. The second kappa shape index (κ2) is 6.89. The molecule has 1 heterocycles. The highest BCUT2D eigenvalue weighted by atomic mass is 35.5. The highest BCUT2D eigenvalue weighted by Gasteiger charge is 2.34. The summed E-state index contributed by atoms with van der Waals surface area (Å²) >= 11 is 6.12. The van der Waals surface area contributed by atoms with E-state index < -0.39 is 5.92 Å². The molecule has 1 aliphatic carbocycles. The van der Waals surface area contributed by atoms with Crippen LogP contribution in [0.4, 0.5) is 8.78 Å². The van der Waals surface area contributed by atoms with Crippen molar-refractivity contribution in [2.75, 3.05) is 6.54 Å². The van der Waals surface area contributed by atoms with E-state index in [9.17, 15) is 13.6 Å². The number of hydrogen-bond acceptors (Lipinski definition) is 2. The lowest BCUT2D eigenvalue weighted by atomic mass is 9.87. The Bertz CT molecular complexity index is 722. The number of carbonyl (C=O) groups excluding carboxylic acids is 1. The molecule has 1 aromatic carbocycles. The number of amides is 1. The second-order valence-electron chi connectivity index (χ2n) is 6.16. The van der Waals surface area contributed by atoms with E-state index in [1.54, 1.807) is 12.1 Å². The zero-order chi connectivity index (χ0) is 17.2. The molecule has 128 valence electrons. The first kappa shape index (κ1) is 16.9. The fourth-order valence-electron chi connectivity index (χ4n) is 2.88. The molecule has 0 saturated heterocycles. The lowest BCUT2D eigenvalue weighted by molar-refractivity contribution is -0.0452. The van der Waals surface area contributed by atoms with Gasteiger partial charge in [-0.05, 0) is 30.9 Å². The van der Waals surface area contributed by atoms with Crippen molar-refractivity contribution >= 4 is 17.5 Å². The van der Waals surface area contributed by atoms with Gasteiger partial charge in [-0.25, -0.2) is 8.78 Å². The number of alkyl halides is 2. The summed E-state index contributed by atoms with van der Waals surface area (Å²) in [6, 6.07) is 8.87. The maximum atomic E-state index is 13.1. The molecule has 1 aromatic heterocycles. The number of rotatable bonds is 4. The minimum absolute atomic E-state index is 0.0968. The molecular weight excluding hydrogens is 336 g/mol. The lowest BCUT2D eigenvalue weighted by Crippen LogP contribution is -2.34. The van der Waals surface area contributed by atoms with Crippen molar-refractivity contribution in [3.8, 4) is 11.3 Å². The van der Waals surface area contributed by atoms with E-state index in [1.165, 1.54) is 0 Å². The summed E-state index contributed by atoms with van der Waals surface area (Å²) in [5, 5.41) is 10.1. The molecule has 1 amide bonds. The number of nitrogens with zero attached hydrogens (tertiary/aromatic N) is 1. The first-order valence-corrected chi connectivity index (χ1v) is 8.29. The molecule has 2 N–H and O–H groups in total. The zero-order valence-corrected chi connectivity index (χ0v) is 13.7. The van der Waals surface area contributed by atoms with Crippen LogP contribution in [-0.2, 0) is 0 Å². The average molecular weight is 354 g/mol. The smallest absolute Gasteiger partial charge is 0.269 e. The topological polar surface area (TPSA) is 57.8 Å². The fourth-order valence-corrected chi connectivity index (χ4v) is 3.11. The van der Waals surface area contributed by atoms with Gasteiger partial charge >= 0.3 is 0 Å². The minimum atomic E-state index is -2.55. The van der Waals surface area contributed by atoms with Gasteiger partial charge in [0.05, 0.1) is 10.7 Å². The highest BCUT2D eigenvalue weighted by molar-refractivity contribution is 6.33. The molecule has 24 heavy (non-hydrogen) atoms. The van der Waals surface area contributed by atoms with E-state index in [0.717, 1.165) is 5.56 Å². The summed E-state index contributed by atoms with van der Waals surface area (Å²) in [6.45, 7) is 0.398. The number of benzene rings is 1. The molecule has 7 heteroatoms. The third-order valence-electron chi connectivity index (χ3n) is 4.36. The summed E-state index contributed by atoms with van der Waals surface area (Å²) in [6.07, 6.45) is 0.657. The molecule has 0 unspecified atom stereocenters. The Hall–Kier alpha value is -1.95. The standard InChI is InChI=1S/C17H18ClF2N3O/c18-13-4-2-1-3-12(13)14-9-15(23-22-14)16(24)21-10-11-5-7-17(19,20)8-6-11/h1-4,9,11H,5-8,10H2,(H,21,24)(H,22,23).